The second-order valence-electron chi connectivity index (χ2n) is 10.1. The fourth-order valence-corrected chi connectivity index (χ4v) is 6.78. The molecule has 1 aliphatic rings. The lowest BCUT2D eigenvalue weighted by Gasteiger charge is -2.27. The van der Waals surface area contributed by atoms with Crippen LogP contribution in [0.25, 0.3) is 11.1 Å². The predicted octanol–water partition coefficient (Wildman–Crippen LogP) is 4.81. The van der Waals surface area contributed by atoms with Crippen molar-refractivity contribution in [3.8, 4) is 22.6 Å². The van der Waals surface area contributed by atoms with Crippen LogP contribution in [0, 0.1) is 0 Å². The van der Waals surface area contributed by atoms with E-state index in [9.17, 15) is 18.0 Å². The number of nitrogens with one attached hydrogen (secondary N) is 1. The summed E-state index contributed by atoms with van der Waals surface area (Å²) in [6.45, 7) is 3.38. The van der Waals surface area contributed by atoms with Crippen molar-refractivity contribution >= 4 is 44.9 Å². The van der Waals surface area contributed by atoms with Crippen molar-refractivity contribution in [2.45, 2.75) is 25.9 Å². The molecule has 0 spiro atoms. The van der Waals surface area contributed by atoms with E-state index in [1.54, 1.807) is 39.3 Å². The first kappa shape index (κ1) is 32.6. The van der Waals surface area contributed by atoms with E-state index < -0.39 is 27.8 Å². The molecule has 0 aromatic heterocycles. The zero-order valence-electron chi connectivity index (χ0n) is 24.2. The highest BCUT2D eigenvalue weighted by atomic mass is 35.5. The molecule has 1 atom stereocenters. The van der Waals surface area contributed by atoms with Gasteiger partial charge in [0.05, 0.1) is 53.5 Å². The van der Waals surface area contributed by atoms with Crippen LogP contribution in [0.1, 0.15) is 28.4 Å². The summed E-state index contributed by atoms with van der Waals surface area (Å²) in [5.74, 6) is 0.375. The number of benzene rings is 3. The number of hydrogen-bond donors (Lipinski definition) is 1. The van der Waals surface area contributed by atoms with E-state index in [-0.39, 0.29) is 40.1 Å². The molecule has 1 heterocycles. The van der Waals surface area contributed by atoms with Gasteiger partial charge < -0.3 is 19.5 Å². The first-order chi connectivity index (χ1) is 20.5. The summed E-state index contributed by atoms with van der Waals surface area (Å²) in [6.07, 6.45) is 0.172. The fraction of sp³-hybridized carbons (Fsp3) is 0.355. The second-order valence-corrected chi connectivity index (χ2v) is 13.2. The molecule has 1 fully saturated rings. The number of carbonyl (C=O) groups excluding carboxylic acids is 2. The van der Waals surface area contributed by atoms with E-state index in [0.29, 0.717) is 31.1 Å². The van der Waals surface area contributed by atoms with Crippen LogP contribution in [-0.4, -0.2) is 76.7 Å². The zero-order chi connectivity index (χ0) is 31.1. The van der Waals surface area contributed by atoms with Gasteiger partial charge in [0.25, 0.3) is 5.91 Å². The minimum Gasteiger partial charge on any atom is -0.496 e. The molecule has 9 nitrogen and oxygen atoms in total. The molecule has 12 heteroatoms. The van der Waals surface area contributed by atoms with E-state index in [1.165, 1.54) is 0 Å². The molecule has 3 aromatic rings. The third kappa shape index (κ3) is 8.20. The molecule has 43 heavy (non-hydrogen) atoms. The topological polar surface area (TPSA) is 111 Å². The maximum Gasteiger partial charge on any atom is 0.328 e. The van der Waals surface area contributed by atoms with Crippen LogP contribution >= 0.6 is 23.2 Å². The van der Waals surface area contributed by atoms with Gasteiger partial charge in [-0.25, -0.2) is 13.2 Å². The highest BCUT2D eigenvalue weighted by Gasteiger charge is 2.26. The quantitative estimate of drug-likeness (QED) is 0.295. The molecule has 1 N–H and O–H groups in total. The number of hydrogen-bond acceptors (Lipinski definition) is 8. The average molecular weight is 650 g/mol. The number of methoxy groups -OCH3 is 2. The van der Waals surface area contributed by atoms with Gasteiger partial charge >= 0.3 is 5.97 Å². The highest BCUT2D eigenvalue weighted by Crippen LogP contribution is 2.40. The summed E-state index contributed by atoms with van der Waals surface area (Å²) >= 11 is 12.4. The lowest BCUT2D eigenvalue weighted by Crippen LogP contribution is -2.43. The molecular formula is C31H34Cl2N2O7S. The van der Waals surface area contributed by atoms with Crippen LogP contribution in [0.2, 0.25) is 10.0 Å². The van der Waals surface area contributed by atoms with Crippen molar-refractivity contribution in [1.82, 2.24) is 10.2 Å². The Labute approximate surface area is 261 Å². The van der Waals surface area contributed by atoms with Gasteiger partial charge in [0, 0.05) is 26.1 Å². The lowest BCUT2D eigenvalue weighted by atomic mass is 9.97. The maximum atomic E-state index is 13.0. The molecule has 1 amide bonds. The third-order valence-corrected chi connectivity index (χ3v) is 9.40. The lowest BCUT2D eigenvalue weighted by molar-refractivity contribution is -0.145. The number of carbonyl (C=O) groups is 2. The fourth-order valence-electron chi connectivity index (χ4n) is 4.93. The van der Waals surface area contributed by atoms with Gasteiger partial charge in [-0.15, -0.1) is 0 Å². The van der Waals surface area contributed by atoms with Crippen LogP contribution < -0.4 is 14.8 Å². The van der Waals surface area contributed by atoms with E-state index >= 15 is 0 Å². The predicted molar refractivity (Wildman–Crippen MR) is 167 cm³/mol. The monoisotopic (exact) mass is 648 g/mol. The smallest absolute Gasteiger partial charge is 0.328 e. The average Bonchev–Trinajstić information content (AvgIpc) is 2.98. The second kappa shape index (κ2) is 14.4. The first-order valence-corrected chi connectivity index (χ1v) is 16.3. The van der Waals surface area contributed by atoms with Gasteiger partial charge in [0.1, 0.15) is 17.5 Å². The number of ether oxygens (including phenoxy) is 3. The molecule has 0 saturated carbocycles. The summed E-state index contributed by atoms with van der Waals surface area (Å²) < 4.78 is 40.3. The Bertz CT molecular complexity index is 1520. The Kier molecular flexibility index (Phi) is 10.9. The number of rotatable bonds is 11. The molecule has 3 aromatic carbocycles. The molecule has 1 aliphatic heterocycles. The summed E-state index contributed by atoms with van der Waals surface area (Å²) in [5.41, 5.74) is 3.39. The van der Waals surface area contributed by atoms with Gasteiger partial charge in [0.15, 0.2) is 9.84 Å². The van der Waals surface area contributed by atoms with Gasteiger partial charge in [0.2, 0.25) is 0 Å². The van der Waals surface area contributed by atoms with Crippen molar-refractivity contribution in [2.24, 2.45) is 0 Å². The minimum atomic E-state index is -2.97. The maximum absolute atomic E-state index is 13.0. The van der Waals surface area contributed by atoms with E-state index in [2.05, 4.69) is 10.2 Å². The van der Waals surface area contributed by atoms with Gasteiger partial charge in [-0.05, 0) is 47.9 Å². The summed E-state index contributed by atoms with van der Waals surface area (Å²) in [4.78, 5) is 27.9. The van der Waals surface area contributed by atoms with Crippen molar-refractivity contribution in [1.29, 1.82) is 0 Å². The van der Waals surface area contributed by atoms with E-state index in [0.717, 1.165) is 22.3 Å². The van der Waals surface area contributed by atoms with Crippen LogP contribution in [0.15, 0.2) is 54.6 Å². The summed E-state index contributed by atoms with van der Waals surface area (Å²) in [6, 6.07) is 15.1. The van der Waals surface area contributed by atoms with Crippen molar-refractivity contribution < 1.29 is 32.2 Å². The molecule has 0 radical (unpaired) electrons. The first-order valence-electron chi connectivity index (χ1n) is 13.7. The van der Waals surface area contributed by atoms with Crippen molar-refractivity contribution in [3.63, 3.8) is 0 Å². The molecule has 0 aliphatic carbocycles. The molecule has 4 rings (SSSR count). The highest BCUT2D eigenvalue weighted by molar-refractivity contribution is 7.91. The molecular weight excluding hydrogens is 615 g/mol. The van der Waals surface area contributed by atoms with Gasteiger partial charge in [-0.2, -0.15) is 0 Å². The minimum absolute atomic E-state index is 0.0865. The summed E-state index contributed by atoms with van der Waals surface area (Å²) in [7, 11) is 0.204. The van der Waals surface area contributed by atoms with E-state index in [4.69, 9.17) is 37.4 Å². The number of esters is 1. The number of halogens is 2. The van der Waals surface area contributed by atoms with Crippen LogP contribution in [0.5, 0.6) is 11.5 Å². The Hall–Kier alpha value is -3.31. The zero-order valence-corrected chi connectivity index (χ0v) is 26.5. The van der Waals surface area contributed by atoms with E-state index in [1.807, 2.05) is 36.4 Å². The van der Waals surface area contributed by atoms with Crippen LogP contribution in [-0.2, 0) is 32.3 Å². The SMILES string of the molecule is CCOC(=O)[C@H](Cc1ccc(-c2c(OC)cc(CN3CCS(=O)(=O)CC3)cc2OC)cc1)NC(=O)c1c(Cl)cccc1Cl. The number of amides is 1. The van der Waals surface area contributed by atoms with Crippen molar-refractivity contribution in [2.75, 3.05) is 45.4 Å². The molecule has 0 unspecified atom stereocenters. The Morgan fingerprint density at radius 2 is 1.51 bits per heavy atom. The third-order valence-electron chi connectivity index (χ3n) is 7.16. The number of nitrogens with zero attached hydrogens (tertiary/aromatic N) is 1. The largest absolute Gasteiger partial charge is 0.496 e. The van der Waals surface area contributed by atoms with Crippen molar-refractivity contribution in [3.05, 3.63) is 81.3 Å². The molecule has 0 bridgehead atoms. The Morgan fingerprint density at radius 3 is 2.05 bits per heavy atom. The normalized spacial score (nSPS) is 15.4. The summed E-state index contributed by atoms with van der Waals surface area (Å²) in [5, 5.41) is 3.07. The van der Waals surface area contributed by atoms with Crippen LogP contribution in [0.4, 0.5) is 0 Å². The molecule has 1 saturated heterocycles. The Morgan fingerprint density at radius 1 is 0.930 bits per heavy atom. The van der Waals surface area contributed by atoms with Crippen LogP contribution in [0.3, 0.4) is 0 Å². The van der Waals surface area contributed by atoms with Gasteiger partial charge in [-0.3, -0.25) is 9.69 Å². The van der Waals surface area contributed by atoms with Gasteiger partial charge in [-0.1, -0.05) is 53.5 Å². The molecule has 230 valence electrons. The Balaban J connectivity index is 1.55. The standard InChI is InChI=1S/C31H34Cl2N2O7S/c1-4-42-31(37)25(34-30(36)29-23(32)6-5-7-24(29)33)16-20-8-10-22(11-9-20)28-26(40-2)17-21(18-27(28)41-3)19-35-12-14-43(38,39)15-13-35/h5-11,17-18,25H,4,12-16,19H2,1-3H3,(H,34,36)/t25-/m0/s1. The number of sulfone groups is 1.